The summed E-state index contributed by atoms with van der Waals surface area (Å²) in [5.74, 6) is -2.88. The fourth-order valence-electron chi connectivity index (χ4n) is 6.45. The van der Waals surface area contributed by atoms with Crippen LogP contribution in [0.1, 0.15) is 31.2 Å². The van der Waals surface area contributed by atoms with Crippen molar-refractivity contribution in [2.24, 2.45) is 17.8 Å². The second kappa shape index (κ2) is 8.40. The SMILES string of the molecule is COc1cc(C2C3=CCC4C(=O)N(c5ccccc5)C(=O)C4C3CC3=C2C(=O)C(C)=CC3=O)ccc1O. The van der Waals surface area contributed by atoms with Crippen LogP contribution in [0, 0.1) is 17.8 Å². The van der Waals surface area contributed by atoms with Gasteiger partial charge in [0, 0.05) is 22.6 Å². The van der Waals surface area contributed by atoms with Crippen molar-refractivity contribution in [2.75, 3.05) is 12.0 Å². The van der Waals surface area contributed by atoms with Crippen molar-refractivity contribution >= 4 is 29.1 Å². The van der Waals surface area contributed by atoms with Gasteiger partial charge in [0.1, 0.15) is 0 Å². The molecule has 0 aromatic heterocycles. The number of ether oxygens (including phenoxy) is 1. The summed E-state index contributed by atoms with van der Waals surface area (Å²) in [4.78, 5) is 55.2. The number of anilines is 1. The van der Waals surface area contributed by atoms with E-state index in [0.717, 1.165) is 5.57 Å². The standard InChI is InChI=1S/C30H25NO6/c1-15-12-23(33)21-14-20-18(25(27(21)28(15)34)16-8-11-22(32)24(13-16)37-2)9-10-19-26(20)30(36)31(29(19)35)17-6-4-3-5-7-17/h3-9,11-13,19-20,25-26,32H,10,14H2,1-2H3. The highest BCUT2D eigenvalue weighted by molar-refractivity contribution is 6.25. The van der Waals surface area contributed by atoms with Crippen LogP contribution in [-0.2, 0) is 19.2 Å². The third-order valence-corrected chi connectivity index (χ3v) is 8.12. The molecule has 1 saturated heterocycles. The Morgan fingerprint density at radius 2 is 1.73 bits per heavy atom. The Hall–Kier alpha value is -4.26. The van der Waals surface area contributed by atoms with Crippen LogP contribution in [0.4, 0.5) is 5.69 Å². The number of hydrogen-bond donors (Lipinski definition) is 1. The lowest BCUT2D eigenvalue weighted by Crippen LogP contribution is -2.39. The highest BCUT2D eigenvalue weighted by atomic mass is 16.5. The van der Waals surface area contributed by atoms with Crippen molar-refractivity contribution in [1.82, 2.24) is 0 Å². The second-order valence-corrected chi connectivity index (χ2v) is 10.0. The van der Waals surface area contributed by atoms with Gasteiger partial charge in [-0.25, -0.2) is 0 Å². The number of phenols is 1. The first-order valence-electron chi connectivity index (χ1n) is 12.3. The average molecular weight is 496 g/mol. The number of allylic oxidation sites excluding steroid dienone is 6. The van der Waals surface area contributed by atoms with Gasteiger partial charge in [-0.1, -0.05) is 35.9 Å². The van der Waals surface area contributed by atoms with E-state index < -0.39 is 23.7 Å². The number of carbonyl (C=O) groups is 4. The fraction of sp³-hybridized carbons (Fsp3) is 0.267. The minimum absolute atomic E-state index is 0.0392. The molecule has 1 N–H and O–H groups in total. The van der Waals surface area contributed by atoms with Gasteiger partial charge in [-0.3, -0.25) is 24.1 Å². The molecule has 4 aliphatic rings. The largest absolute Gasteiger partial charge is 0.504 e. The summed E-state index contributed by atoms with van der Waals surface area (Å²) in [7, 11) is 1.45. The lowest BCUT2D eigenvalue weighted by molar-refractivity contribution is -0.123. The maximum absolute atomic E-state index is 13.8. The van der Waals surface area contributed by atoms with Crippen LogP contribution in [0.2, 0.25) is 0 Å². The van der Waals surface area contributed by atoms with E-state index in [1.807, 2.05) is 12.1 Å². The van der Waals surface area contributed by atoms with E-state index in [2.05, 4.69) is 0 Å². The predicted octanol–water partition coefficient (Wildman–Crippen LogP) is 4.03. The highest BCUT2D eigenvalue weighted by Crippen LogP contribution is 2.55. The molecule has 7 nitrogen and oxygen atoms in total. The zero-order chi connectivity index (χ0) is 26.0. The molecule has 6 rings (SSSR count). The first-order valence-corrected chi connectivity index (χ1v) is 12.3. The number of phenolic OH excluding ortho intramolecular Hbond substituents is 1. The average Bonchev–Trinajstić information content (AvgIpc) is 3.16. The van der Waals surface area contributed by atoms with Gasteiger partial charge in [0.25, 0.3) is 0 Å². The fourth-order valence-corrected chi connectivity index (χ4v) is 6.45. The molecule has 37 heavy (non-hydrogen) atoms. The molecule has 2 amide bonds. The van der Waals surface area contributed by atoms with Crippen LogP contribution in [0.15, 0.2) is 83.0 Å². The number of benzene rings is 2. The van der Waals surface area contributed by atoms with Gasteiger partial charge in [0.15, 0.2) is 23.1 Å². The van der Waals surface area contributed by atoms with Gasteiger partial charge in [-0.15, -0.1) is 0 Å². The van der Waals surface area contributed by atoms with E-state index in [9.17, 15) is 24.3 Å². The molecular weight excluding hydrogens is 470 g/mol. The lowest BCUT2D eigenvalue weighted by atomic mass is 9.59. The maximum atomic E-state index is 13.8. The van der Waals surface area contributed by atoms with Crippen LogP contribution < -0.4 is 9.64 Å². The first kappa shape index (κ1) is 23.2. The van der Waals surface area contributed by atoms with E-state index in [1.54, 1.807) is 43.3 Å². The molecule has 1 heterocycles. The van der Waals surface area contributed by atoms with Crippen molar-refractivity contribution in [2.45, 2.75) is 25.7 Å². The van der Waals surface area contributed by atoms with Gasteiger partial charge in [-0.2, -0.15) is 0 Å². The Morgan fingerprint density at radius 1 is 0.973 bits per heavy atom. The number of Topliss-reactive ketones (excluding diaryl/α,β-unsaturated/α-hetero) is 1. The number of nitrogens with zero attached hydrogens (tertiary/aromatic N) is 1. The molecule has 7 heteroatoms. The Morgan fingerprint density at radius 3 is 2.46 bits per heavy atom. The monoisotopic (exact) mass is 495 g/mol. The maximum Gasteiger partial charge on any atom is 0.238 e. The molecule has 0 bridgehead atoms. The van der Waals surface area contributed by atoms with Crippen LogP contribution in [0.25, 0.3) is 0 Å². The number of amides is 2. The molecule has 0 spiro atoms. The summed E-state index contributed by atoms with van der Waals surface area (Å²) < 4.78 is 5.33. The number of para-hydroxylation sites is 1. The molecule has 4 atom stereocenters. The Labute approximate surface area is 213 Å². The summed E-state index contributed by atoms with van der Waals surface area (Å²) in [6, 6.07) is 13.8. The van der Waals surface area contributed by atoms with Crippen molar-refractivity contribution in [3.8, 4) is 11.5 Å². The number of methoxy groups -OCH3 is 1. The summed E-state index contributed by atoms with van der Waals surface area (Å²) in [5, 5.41) is 10.2. The van der Waals surface area contributed by atoms with Gasteiger partial charge >= 0.3 is 0 Å². The van der Waals surface area contributed by atoms with Crippen LogP contribution in [0.3, 0.4) is 0 Å². The van der Waals surface area contributed by atoms with Crippen molar-refractivity contribution in [3.05, 3.63) is 88.5 Å². The number of carbonyl (C=O) groups excluding carboxylic acids is 4. The molecule has 3 aliphatic carbocycles. The number of hydrogen-bond acceptors (Lipinski definition) is 6. The summed E-state index contributed by atoms with van der Waals surface area (Å²) in [6.07, 6.45) is 3.94. The Bertz CT molecular complexity index is 1480. The van der Waals surface area contributed by atoms with Gasteiger partial charge in [-0.05, 0) is 61.6 Å². The number of ketones is 2. The molecule has 1 fully saturated rings. The second-order valence-electron chi connectivity index (χ2n) is 10.0. The number of imide groups is 1. The number of aromatic hydroxyl groups is 1. The molecule has 2 aromatic rings. The summed E-state index contributed by atoms with van der Waals surface area (Å²) in [6.45, 7) is 1.63. The van der Waals surface area contributed by atoms with E-state index >= 15 is 0 Å². The Balaban J connectivity index is 1.50. The molecular formula is C30H25NO6. The van der Waals surface area contributed by atoms with E-state index in [4.69, 9.17) is 4.74 Å². The highest BCUT2D eigenvalue weighted by Gasteiger charge is 2.56. The smallest absolute Gasteiger partial charge is 0.238 e. The third kappa shape index (κ3) is 3.34. The van der Waals surface area contributed by atoms with E-state index in [-0.39, 0.29) is 41.3 Å². The molecule has 2 aromatic carbocycles. The zero-order valence-corrected chi connectivity index (χ0v) is 20.4. The molecule has 186 valence electrons. The molecule has 0 radical (unpaired) electrons. The topological polar surface area (TPSA) is 101 Å². The third-order valence-electron chi connectivity index (χ3n) is 8.12. The molecule has 4 unspecified atom stereocenters. The van der Waals surface area contributed by atoms with Crippen molar-refractivity contribution in [1.29, 1.82) is 0 Å². The summed E-state index contributed by atoms with van der Waals surface area (Å²) >= 11 is 0. The zero-order valence-electron chi connectivity index (χ0n) is 20.4. The normalized spacial score (nSPS) is 26.9. The van der Waals surface area contributed by atoms with Crippen LogP contribution >= 0.6 is 0 Å². The van der Waals surface area contributed by atoms with Gasteiger partial charge < -0.3 is 9.84 Å². The van der Waals surface area contributed by atoms with E-state index in [1.165, 1.54) is 24.2 Å². The quantitative estimate of drug-likeness (QED) is 0.392. The van der Waals surface area contributed by atoms with Gasteiger partial charge in [0.05, 0.1) is 24.6 Å². The number of rotatable bonds is 3. The lowest BCUT2D eigenvalue weighted by Gasteiger charge is -2.42. The molecule has 0 saturated carbocycles. The van der Waals surface area contributed by atoms with Crippen LogP contribution in [0.5, 0.6) is 11.5 Å². The van der Waals surface area contributed by atoms with E-state index in [0.29, 0.717) is 34.4 Å². The predicted molar refractivity (Wildman–Crippen MR) is 135 cm³/mol. The Kier molecular flexibility index (Phi) is 5.26. The molecule has 1 aliphatic heterocycles. The minimum atomic E-state index is -0.627. The van der Waals surface area contributed by atoms with Crippen molar-refractivity contribution in [3.63, 3.8) is 0 Å². The number of fused-ring (bicyclic) bond motifs is 3. The van der Waals surface area contributed by atoms with Crippen LogP contribution in [-0.4, -0.2) is 35.6 Å². The first-order chi connectivity index (χ1) is 17.8. The van der Waals surface area contributed by atoms with Gasteiger partial charge in [0.2, 0.25) is 11.8 Å². The summed E-state index contributed by atoms with van der Waals surface area (Å²) in [5.41, 5.74) is 3.26. The minimum Gasteiger partial charge on any atom is -0.504 e. The van der Waals surface area contributed by atoms with Crippen molar-refractivity contribution < 1.29 is 29.0 Å².